The van der Waals surface area contributed by atoms with Gasteiger partial charge in [-0.25, -0.2) is 4.79 Å². The Kier molecular flexibility index (Phi) is 5.58. The van der Waals surface area contributed by atoms with E-state index in [0.29, 0.717) is 23.3 Å². The van der Waals surface area contributed by atoms with Crippen LogP contribution in [-0.4, -0.2) is 61.1 Å². The highest BCUT2D eigenvalue weighted by Gasteiger charge is 2.31. The van der Waals surface area contributed by atoms with Crippen molar-refractivity contribution in [1.82, 2.24) is 15.1 Å². The van der Waals surface area contributed by atoms with E-state index in [4.69, 9.17) is 4.74 Å². The molecule has 0 unspecified atom stereocenters. The number of rotatable bonds is 4. The molecule has 5 rings (SSSR count). The van der Waals surface area contributed by atoms with Crippen LogP contribution in [0.2, 0.25) is 0 Å². The summed E-state index contributed by atoms with van der Waals surface area (Å²) in [6, 6.07) is 6.44. The Bertz CT molecular complexity index is 975. The van der Waals surface area contributed by atoms with Gasteiger partial charge in [0.15, 0.2) is 0 Å². The number of hydrogen-bond acceptors (Lipinski definition) is 5. The van der Waals surface area contributed by atoms with E-state index in [9.17, 15) is 9.59 Å². The molecule has 7 nitrogen and oxygen atoms in total. The molecule has 0 atom stereocenters. The van der Waals surface area contributed by atoms with Gasteiger partial charge in [-0.2, -0.15) is 5.32 Å². The second-order valence-corrected chi connectivity index (χ2v) is 9.25. The Hall–Kier alpha value is -2.58. The van der Waals surface area contributed by atoms with E-state index in [0.717, 1.165) is 63.2 Å². The van der Waals surface area contributed by atoms with E-state index in [-0.39, 0.29) is 11.9 Å². The predicted octanol–water partition coefficient (Wildman–Crippen LogP) is 4.02. The van der Waals surface area contributed by atoms with E-state index < -0.39 is 0 Å². The molecule has 2 aromatic rings. The maximum Gasteiger partial charge on any atom is 0.346 e. The minimum atomic E-state index is -0.274. The third-order valence-corrected chi connectivity index (χ3v) is 7.55. The second-order valence-electron chi connectivity index (χ2n) is 8.51. The summed E-state index contributed by atoms with van der Waals surface area (Å²) in [4.78, 5) is 28.9. The van der Waals surface area contributed by atoms with Gasteiger partial charge in [-0.15, -0.1) is 11.3 Å². The minimum Gasteiger partial charge on any atom is -0.495 e. The van der Waals surface area contributed by atoms with Gasteiger partial charge in [0, 0.05) is 29.9 Å². The Morgan fingerprint density at radius 3 is 2.65 bits per heavy atom. The average Bonchev–Trinajstić information content (AvgIpc) is 3.43. The van der Waals surface area contributed by atoms with Gasteiger partial charge in [0.25, 0.3) is 5.91 Å². The highest BCUT2D eigenvalue weighted by molar-refractivity contribution is 7.08. The van der Waals surface area contributed by atoms with Gasteiger partial charge in [0.05, 0.1) is 24.0 Å². The van der Waals surface area contributed by atoms with Crippen molar-refractivity contribution in [3.8, 4) is 5.75 Å². The maximum atomic E-state index is 12.8. The average molecular weight is 440 g/mol. The molecule has 8 heteroatoms. The summed E-state index contributed by atoms with van der Waals surface area (Å²) in [6.07, 6.45) is 4.28. The van der Waals surface area contributed by atoms with Crippen molar-refractivity contribution >= 4 is 34.6 Å². The number of methoxy groups -OCH3 is 1. The Morgan fingerprint density at radius 2 is 1.90 bits per heavy atom. The lowest BCUT2D eigenvalue weighted by atomic mass is 9.87. The topological polar surface area (TPSA) is 76.0 Å². The zero-order valence-electron chi connectivity index (χ0n) is 17.7. The lowest BCUT2D eigenvalue weighted by Gasteiger charge is -2.42. The lowest BCUT2D eigenvalue weighted by Crippen LogP contribution is -2.48. The molecule has 1 N–H and O–H groups in total. The number of benzene rings is 1. The highest BCUT2D eigenvalue weighted by atomic mass is 32.1. The molecule has 4 heterocycles. The summed E-state index contributed by atoms with van der Waals surface area (Å²) < 4.78 is 5.32. The van der Waals surface area contributed by atoms with Crippen LogP contribution in [0.4, 0.5) is 16.2 Å². The fraction of sp³-hybridized carbons (Fsp3) is 0.478. The van der Waals surface area contributed by atoms with Crippen LogP contribution in [0.1, 0.15) is 47.5 Å². The fourth-order valence-electron chi connectivity index (χ4n) is 5.06. The van der Waals surface area contributed by atoms with Crippen molar-refractivity contribution in [3.63, 3.8) is 0 Å². The van der Waals surface area contributed by atoms with Crippen LogP contribution in [0.3, 0.4) is 0 Å². The van der Waals surface area contributed by atoms with E-state index >= 15 is 0 Å². The van der Waals surface area contributed by atoms with Gasteiger partial charge in [-0.1, -0.05) is 6.07 Å². The summed E-state index contributed by atoms with van der Waals surface area (Å²) in [5.74, 6) is 1.28. The van der Waals surface area contributed by atoms with Gasteiger partial charge in [-0.3, -0.25) is 4.79 Å². The van der Waals surface area contributed by atoms with Crippen LogP contribution in [-0.2, 0) is 0 Å². The van der Waals surface area contributed by atoms with Crippen LogP contribution in [0.15, 0.2) is 29.0 Å². The first-order valence-corrected chi connectivity index (χ1v) is 11.9. The molecule has 2 fully saturated rings. The van der Waals surface area contributed by atoms with Crippen molar-refractivity contribution in [2.24, 2.45) is 0 Å². The quantitative estimate of drug-likeness (QED) is 0.781. The van der Waals surface area contributed by atoms with Crippen LogP contribution in [0.5, 0.6) is 5.75 Å². The highest BCUT2D eigenvalue weighted by Crippen LogP contribution is 2.36. The molecule has 3 aliphatic rings. The third-order valence-electron chi connectivity index (χ3n) is 6.83. The summed E-state index contributed by atoms with van der Waals surface area (Å²) in [5, 5.41) is 10.6. The molecule has 0 bridgehead atoms. The Balaban J connectivity index is 1.13. The first-order chi connectivity index (χ1) is 15.1. The second kappa shape index (κ2) is 8.51. The number of piperidine rings is 2. The summed E-state index contributed by atoms with van der Waals surface area (Å²) in [6.45, 7) is 3.76. The van der Waals surface area contributed by atoms with E-state index in [1.54, 1.807) is 7.11 Å². The molecule has 2 saturated heterocycles. The van der Waals surface area contributed by atoms with Gasteiger partial charge in [0.1, 0.15) is 5.75 Å². The van der Waals surface area contributed by atoms with Gasteiger partial charge < -0.3 is 19.9 Å². The number of urea groups is 1. The first kappa shape index (κ1) is 20.3. The van der Waals surface area contributed by atoms with Crippen LogP contribution in [0, 0.1) is 0 Å². The molecule has 1 aromatic heterocycles. The van der Waals surface area contributed by atoms with Gasteiger partial charge in [0.2, 0.25) is 0 Å². The number of nitrogens with zero attached hydrogens (tertiary/aromatic N) is 3. The van der Waals surface area contributed by atoms with E-state index in [2.05, 4.69) is 27.7 Å². The van der Waals surface area contributed by atoms with E-state index in [1.165, 1.54) is 16.9 Å². The number of amides is 3. The summed E-state index contributed by atoms with van der Waals surface area (Å²) in [5.41, 5.74) is 3.55. The smallest absolute Gasteiger partial charge is 0.346 e. The van der Waals surface area contributed by atoms with Crippen molar-refractivity contribution in [2.75, 3.05) is 38.6 Å². The Morgan fingerprint density at radius 1 is 1.13 bits per heavy atom. The first-order valence-electron chi connectivity index (χ1n) is 10.9. The standard InChI is InChI=1S/C23H27N4O3S/c1-30-21-14-31-13-18(21)22(28)27-10-6-17(7-11-27)26-8-4-15(5-9-26)16-2-3-19-20(12-16)25-23(29)24-19/h2-3,12-15,17H,4-11H2,1H3,(H,24,29). The van der Waals surface area contributed by atoms with Gasteiger partial charge >= 0.3 is 6.03 Å². The van der Waals surface area contributed by atoms with Crippen molar-refractivity contribution in [1.29, 1.82) is 0 Å². The maximum absolute atomic E-state index is 12.8. The zero-order valence-corrected chi connectivity index (χ0v) is 18.5. The number of anilines is 1. The minimum absolute atomic E-state index is 0.0882. The number of ether oxygens (including phenoxy) is 1. The molecule has 31 heavy (non-hydrogen) atoms. The lowest BCUT2D eigenvalue weighted by molar-refractivity contribution is 0.0576. The number of carbonyl (C=O) groups is 2. The van der Waals surface area contributed by atoms with E-state index in [1.807, 2.05) is 21.7 Å². The van der Waals surface area contributed by atoms with Crippen LogP contribution < -0.4 is 15.4 Å². The molecular formula is C23H27N4O3S. The molecule has 0 spiro atoms. The monoisotopic (exact) mass is 439 g/mol. The predicted molar refractivity (Wildman–Crippen MR) is 121 cm³/mol. The van der Waals surface area contributed by atoms with Crippen molar-refractivity contribution in [3.05, 3.63) is 40.1 Å². The molecular weight excluding hydrogens is 412 g/mol. The number of fused-ring (bicyclic) bond motifs is 1. The van der Waals surface area contributed by atoms with Crippen LogP contribution in [0.25, 0.3) is 0 Å². The van der Waals surface area contributed by atoms with Crippen LogP contribution >= 0.6 is 11.3 Å². The number of likely N-dealkylation sites (tertiary alicyclic amines) is 2. The molecule has 163 valence electrons. The number of hydrogen-bond donors (Lipinski definition) is 1. The molecule has 0 saturated carbocycles. The Labute approximate surface area is 186 Å². The number of carbonyl (C=O) groups excluding carboxylic acids is 2. The third kappa shape index (κ3) is 4.02. The number of thiophene rings is 1. The SMILES string of the molecule is COc1cscc1C(=O)N1CCC(N2CCC(c3ccc4c(c3)[N]C(=O)N4)CC2)CC1. The normalized spacial score (nSPS) is 20.3. The van der Waals surface area contributed by atoms with Gasteiger partial charge in [-0.05, 0) is 62.4 Å². The van der Waals surface area contributed by atoms with Crippen molar-refractivity contribution in [2.45, 2.75) is 37.6 Å². The zero-order chi connectivity index (χ0) is 21.4. The summed E-state index contributed by atoms with van der Waals surface area (Å²) in [7, 11) is 1.61. The number of nitrogens with one attached hydrogen (secondary N) is 1. The molecule has 1 aromatic carbocycles. The molecule has 0 aliphatic carbocycles. The molecule has 3 amide bonds. The largest absolute Gasteiger partial charge is 0.495 e. The van der Waals surface area contributed by atoms with Crippen molar-refractivity contribution < 1.29 is 14.3 Å². The summed E-state index contributed by atoms with van der Waals surface area (Å²) >= 11 is 1.50. The molecule has 1 radical (unpaired) electrons. The molecule has 3 aliphatic heterocycles. The fourth-order valence-corrected chi connectivity index (χ4v) is 5.82.